The van der Waals surface area contributed by atoms with E-state index in [4.69, 9.17) is 11.5 Å². The number of anilines is 2. The van der Waals surface area contributed by atoms with E-state index in [9.17, 15) is 4.79 Å². The Balaban J connectivity index is 1.29. The molecule has 1 aliphatic rings. The number of benzene rings is 4. The van der Waals surface area contributed by atoms with Crippen molar-refractivity contribution >= 4 is 28.1 Å². The quantitative estimate of drug-likeness (QED) is 0.193. The summed E-state index contributed by atoms with van der Waals surface area (Å²) in [5.41, 5.74) is 18.5. The van der Waals surface area contributed by atoms with Crippen molar-refractivity contribution < 1.29 is 4.79 Å². The van der Waals surface area contributed by atoms with Gasteiger partial charge < -0.3 is 16.8 Å². The zero-order valence-electron chi connectivity index (χ0n) is 21.3. The largest absolute Gasteiger partial charge is 0.380 e. The van der Waals surface area contributed by atoms with Crippen LogP contribution < -0.4 is 21.7 Å². The monoisotopic (exact) mass is 492 g/mol. The first-order chi connectivity index (χ1) is 18.2. The minimum atomic E-state index is -0.320. The average Bonchev–Trinajstić information content (AvgIpc) is 3.23. The third kappa shape index (κ3) is 5.38. The van der Waals surface area contributed by atoms with Crippen LogP contribution in [0.4, 0.5) is 11.4 Å². The molecule has 0 fully saturated rings. The normalized spacial score (nSPS) is 13.4. The molecule has 1 heterocycles. The van der Waals surface area contributed by atoms with E-state index >= 15 is 0 Å². The molecule has 0 aliphatic carbocycles. The van der Waals surface area contributed by atoms with Gasteiger partial charge in [0, 0.05) is 28.6 Å². The van der Waals surface area contributed by atoms with Crippen LogP contribution in [-0.2, 0) is 6.54 Å². The lowest BCUT2D eigenvalue weighted by Crippen LogP contribution is -2.44. The minimum absolute atomic E-state index is 0.00452. The number of nitrogens with zero attached hydrogens (tertiary/aromatic N) is 1. The minimum Gasteiger partial charge on any atom is -0.380 e. The molecule has 37 heavy (non-hydrogen) atoms. The summed E-state index contributed by atoms with van der Waals surface area (Å²) in [5.74, 6) is 0.00452. The second-order valence-corrected chi connectivity index (χ2v) is 9.86. The maximum atomic E-state index is 13.3. The van der Waals surface area contributed by atoms with E-state index in [-0.39, 0.29) is 12.1 Å². The molecule has 0 radical (unpaired) electrons. The Morgan fingerprint density at radius 3 is 2.27 bits per heavy atom. The first-order valence-corrected chi connectivity index (χ1v) is 13.4. The van der Waals surface area contributed by atoms with E-state index in [0.29, 0.717) is 6.54 Å². The zero-order valence-corrected chi connectivity index (χ0v) is 21.3. The number of hydrogen-bond acceptors (Lipinski definition) is 4. The van der Waals surface area contributed by atoms with Crippen molar-refractivity contribution in [1.29, 1.82) is 0 Å². The molecule has 1 atom stereocenters. The summed E-state index contributed by atoms with van der Waals surface area (Å²) in [6.45, 7) is 1.45. The number of amides is 1. The number of nitrogens with one attached hydrogen (secondary N) is 1. The second-order valence-electron chi connectivity index (χ2n) is 9.86. The number of rotatable bonds is 12. The third-order valence-corrected chi connectivity index (χ3v) is 7.31. The summed E-state index contributed by atoms with van der Waals surface area (Å²) in [6, 6.07) is 29.1. The highest BCUT2D eigenvalue weighted by Gasteiger charge is 2.33. The summed E-state index contributed by atoms with van der Waals surface area (Å²) < 4.78 is 0. The van der Waals surface area contributed by atoms with Crippen molar-refractivity contribution in [2.45, 2.75) is 51.2 Å². The lowest BCUT2D eigenvalue weighted by atomic mass is 10.0. The van der Waals surface area contributed by atoms with Crippen LogP contribution in [0.5, 0.6) is 0 Å². The van der Waals surface area contributed by atoms with Gasteiger partial charge in [-0.3, -0.25) is 9.69 Å². The summed E-state index contributed by atoms with van der Waals surface area (Å²) in [7, 11) is 0. The van der Waals surface area contributed by atoms with Crippen molar-refractivity contribution in [3.05, 3.63) is 96.1 Å². The fraction of sp³-hybridized carbons (Fsp3) is 0.281. The van der Waals surface area contributed by atoms with Crippen LogP contribution >= 0.6 is 0 Å². The molecule has 5 N–H and O–H groups in total. The Morgan fingerprint density at radius 2 is 1.49 bits per heavy atom. The molecule has 4 aromatic rings. The average molecular weight is 493 g/mol. The van der Waals surface area contributed by atoms with E-state index in [2.05, 4.69) is 66.0 Å². The van der Waals surface area contributed by atoms with E-state index in [1.165, 1.54) is 16.7 Å². The lowest BCUT2D eigenvalue weighted by Gasteiger charge is -2.25. The molecule has 0 saturated carbocycles. The van der Waals surface area contributed by atoms with E-state index < -0.39 is 0 Å². The van der Waals surface area contributed by atoms with Gasteiger partial charge in [0.1, 0.15) is 0 Å². The summed E-state index contributed by atoms with van der Waals surface area (Å²) in [6.07, 6.45) is 6.00. The highest BCUT2D eigenvalue weighted by molar-refractivity contribution is 6.26. The molecule has 0 spiro atoms. The Bertz CT molecular complexity index is 1350. The topological polar surface area (TPSA) is 84.4 Å². The van der Waals surface area contributed by atoms with Crippen LogP contribution in [0.1, 0.15) is 54.4 Å². The third-order valence-electron chi connectivity index (χ3n) is 7.31. The zero-order chi connectivity index (χ0) is 25.6. The van der Waals surface area contributed by atoms with Gasteiger partial charge in [0.2, 0.25) is 0 Å². The molecule has 1 unspecified atom stereocenters. The van der Waals surface area contributed by atoms with Crippen molar-refractivity contribution in [3.8, 4) is 11.1 Å². The highest BCUT2D eigenvalue weighted by atomic mass is 16.2. The highest BCUT2D eigenvalue weighted by Crippen LogP contribution is 2.41. The fourth-order valence-electron chi connectivity index (χ4n) is 5.29. The second kappa shape index (κ2) is 11.6. The van der Waals surface area contributed by atoms with E-state index in [1.807, 2.05) is 24.3 Å². The molecule has 4 aromatic carbocycles. The predicted octanol–water partition coefficient (Wildman–Crippen LogP) is 6.66. The SMILES string of the molecule is NCCCCCCCC(N)N1C(=O)c2cccc3c(NCc4ccc(-c5ccccc5)cc4)ccc1c23. The Hall–Kier alpha value is -3.67. The standard InChI is InChI=1S/C32H36N4O/c33-21-8-3-1-2-7-14-30(34)36-29-20-19-28(26-12-9-13-27(31(26)29)32(36)37)35-22-23-15-17-25(18-16-23)24-10-5-4-6-11-24/h4-6,9-13,15-20,30,35H,1-3,7-8,14,21-22,33-34H2. The Kier molecular flexibility index (Phi) is 7.83. The first-order valence-electron chi connectivity index (χ1n) is 13.4. The van der Waals surface area contributed by atoms with Crippen LogP contribution in [0.25, 0.3) is 21.9 Å². The summed E-state index contributed by atoms with van der Waals surface area (Å²) in [4.78, 5) is 15.1. The van der Waals surface area contributed by atoms with Gasteiger partial charge in [0.15, 0.2) is 0 Å². The fourth-order valence-corrected chi connectivity index (χ4v) is 5.29. The van der Waals surface area contributed by atoms with Gasteiger partial charge in [-0.2, -0.15) is 0 Å². The maximum Gasteiger partial charge on any atom is 0.260 e. The molecule has 0 bridgehead atoms. The molecule has 0 aromatic heterocycles. The summed E-state index contributed by atoms with van der Waals surface area (Å²) in [5, 5.41) is 5.64. The van der Waals surface area contributed by atoms with Crippen molar-refractivity contribution in [1.82, 2.24) is 0 Å². The van der Waals surface area contributed by atoms with Gasteiger partial charge in [-0.05, 0) is 54.3 Å². The Morgan fingerprint density at radius 1 is 0.757 bits per heavy atom. The maximum absolute atomic E-state index is 13.3. The van der Waals surface area contributed by atoms with Gasteiger partial charge in [-0.15, -0.1) is 0 Å². The molecule has 5 nitrogen and oxygen atoms in total. The lowest BCUT2D eigenvalue weighted by molar-refractivity contribution is 0.0982. The number of hydrogen-bond donors (Lipinski definition) is 3. The molecule has 5 heteroatoms. The smallest absolute Gasteiger partial charge is 0.260 e. The van der Waals surface area contributed by atoms with Crippen LogP contribution in [0.15, 0.2) is 84.9 Å². The predicted molar refractivity (Wildman–Crippen MR) is 155 cm³/mol. The van der Waals surface area contributed by atoms with E-state index in [1.54, 1.807) is 4.90 Å². The van der Waals surface area contributed by atoms with Gasteiger partial charge >= 0.3 is 0 Å². The van der Waals surface area contributed by atoms with E-state index in [0.717, 1.165) is 72.8 Å². The molecular formula is C32H36N4O. The van der Waals surface area contributed by atoms with Crippen LogP contribution in [-0.4, -0.2) is 18.6 Å². The summed E-state index contributed by atoms with van der Waals surface area (Å²) >= 11 is 0. The van der Waals surface area contributed by atoms with Gasteiger partial charge in [0.25, 0.3) is 5.91 Å². The molecule has 1 aliphatic heterocycles. The number of unbranched alkanes of at least 4 members (excludes halogenated alkanes) is 4. The van der Waals surface area contributed by atoms with Gasteiger partial charge in [0.05, 0.1) is 11.9 Å². The first kappa shape index (κ1) is 25.0. The molecule has 0 saturated heterocycles. The molecular weight excluding hydrogens is 456 g/mol. The van der Waals surface area contributed by atoms with Crippen LogP contribution in [0.3, 0.4) is 0 Å². The van der Waals surface area contributed by atoms with Crippen molar-refractivity contribution in [2.24, 2.45) is 11.5 Å². The Labute approximate surface area is 219 Å². The van der Waals surface area contributed by atoms with Crippen molar-refractivity contribution in [2.75, 3.05) is 16.8 Å². The van der Waals surface area contributed by atoms with Crippen LogP contribution in [0.2, 0.25) is 0 Å². The number of nitrogens with two attached hydrogens (primary N) is 2. The van der Waals surface area contributed by atoms with Gasteiger partial charge in [-0.1, -0.05) is 92.4 Å². The molecule has 1 amide bonds. The molecule has 5 rings (SSSR count). The van der Waals surface area contributed by atoms with Crippen LogP contribution in [0, 0.1) is 0 Å². The number of carbonyl (C=O) groups excluding carboxylic acids is 1. The van der Waals surface area contributed by atoms with Crippen molar-refractivity contribution in [3.63, 3.8) is 0 Å². The molecule has 190 valence electrons. The van der Waals surface area contributed by atoms with Gasteiger partial charge in [-0.25, -0.2) is 0 Å². The number of carbonyl (C=O) groups is 1.